The number of benzene rings is 1. The lowest BCUT2D eigenvalue weighted by Gasteiger charge is -2.40. The number of ether oxygens (including phenoxy) is 1. The van der Waals surface area contributed by atoms with Gasteiger partial charge < -0.3 is 9.84 Å². The van der Waals surface area contributed by atoms with Crippen molar-refractivity contribution in [3.63, 3.8) is 0 Å². The molecule has 27 heavy (non-hydrogen) atoms. The summed E-state index contributed by atoms with van der Waals surface area (Å²) < 4.78 is 47.1. The lowest BCUT2D eigenvalue weighted by Crippen LogP contribution is -2.54. The number of carbonyl (C=O) groups is 1. The topological polar surface area (TPSA) is 46.5 Å². The summed E-state index contributed by atoms with van der Waals surface area (Å²) in [5.74, 6) is -1.70. The van der Waals surface area contributed by atoms with Crippen LogP contribution in [0.15, 0.2) is 17.7 Å². The first kappa shape index (κ1) is 20.3. The van der Waals surface area contributed by atoms with Crippen molar-refractivity contribution in [2.45, 2.75) is 63.1 Å². The molecule has 1 aromatic carbocycles. The molecule has 1 N–H and O–H groups in total. The quantitative estimate of drug-likeness (QED) is 0.602. The molecule has 1 saturated carbocycles. The number of carboxylic acid groups (broad SMARTS) is 1. The second kappa shape index (κ2) is 7.21. The summed E-state index contributed by atoms with van der Waals surface area (Å²) in [7, 11) is 0. The minimum atomic E-state index is -4.95. The summed E-state index contributed by atoms with van der Waals surface area (Å²) in [6, 6.07) is 2.92. The molecule has 1 unspecified atom stereocenters. The number of halogens is 5. The lowest BCUT2D eigenvalue weighted by atomic mass is 9.82. The van der Waals surface area contributed by atoms with Crippen molar-refractivity contribution >= 4 is 34.2 Å². The second-order valence-electron chi connectivity index (χ2n) is 6.98. The van der Waals surface area contributed by atoms with Gasteiger partial charge in [0.25, 0.3) is 0 Å². The van der Waals surface area contributed by atoms with E-state index in [0.29, 0.717) is 5.02 Å². The van der Waals surface area contributed by atoms with Crippen LogP contribution < -0.4 is 4.74 Å². The summed E-state index contributed by atoms with van der Waals surface area (Å²) in [5.41, 5.74) is -3.20. The van der Waals surface area contributed by atoms with Crippen LogP contribution in [0.5, 0.6) is 5.75 Å². The highest BCUT2D eigenvalue weighted by Gasteiger charge is 2.63. The van der Waals surface area contributed by atoms with Crippen LogP contribution in [0, 0.1) is 0 Å². The monoisotopic (exact) mass is 422 g/mol. The molecule has 2 aliphatic rings. The number of hydrogen-bond acceptors (Lipinski definition) is 2. The van der Waals surface area contributed by atoms with Crippen LogP contribution in [0.25, 0.3) is 5.03 Å². The summed E-state index contributed by atoms with van der Waals surface area (Å²) in [6.07, 6.45) is -0.568. The average molecular weight is 423 g/mol. The maximum absolute atomic E-state index is 13.9. The Balaban J connectivity index is 2.20. The molecule has 0 aromatic heterocycles. The zero-order chi connectivity index (χ0) is 20.0. The van der Waals surface area contributed by atoms with Crippen molar-refractivity contribution in [2.75, 3.05) is 0 Å². The summed E-state index contributed by atoms with van der Waals surface area (Å²) >= 11 is 12.5. The first-order valence-electron chi connectivity index (χ1n) is 8.85. The van der Waals surface area contributed by atoms with E-state index in [4.69, 9.17) is 27.9 Å². The van der Waals surface area contributed by atoms with E-state index in [2.05, 4.69) is 0 Å². The Labute approximate surface area is 165 Å². The van der Waals surface area contributed by atoms with Gasteiger partial charge in [-0.1, -0.05) is 49.4 Å². The SMILES string of the molecule is CCC1(C(F)(F)F)Oc2cc(C3CCCCC3)c(Cl)cc2C(Cl)=C1C(=O)O. The molecule has 3 rings (SSSR count). The van der Waals surface area contributed by atoms with Crippen molar-refractivity contribution in [1.82, 2.24) is 0 Å². The van der Waals surface area contributed by atoms with Crippen LogP contribution >= 0.6 is 23.2 Å². The summed E-state index contributed by atoms with van der Waals surface area (Å²) in [4.78, 5) is 11.6. The van der Waals surface area contributed by atoms with Crippen molar-refractivity contribution in [1.29, 1.82) is 0 Å². The normalized spacial score (nSPS) is 23.8. The van der Waals surface area contributed by atoms with Gasteiger partial charge in [0.05, 0.1) is 5.03 Å². The van der Waals surface area contributed by atoms with Gasteiger partial charge in [0.15, 0.2) is 0 Å². The van der Waals surface area contributed by atoms with Gasteiger partial charge in [-0.2, -0.15) is 13.2 Å². The van der Waals surface area contributed by atoms with E-state index in [-0.39, 0.29) is 17.2 Å². The number of rotatable bonds is 3. The van der Waals surface area contributed by atoms with Crippen molar-refractivity contribution in [3.05, 3.63) is 33.9 Å². The summed E-state index contributed by atoms with van der Waals surface area (Å²) in [6.45, 7) is 1.23. The van der Waals surface area contributed by atoms with Gasteiger partial charge in [0.1, 0.15) is 11.3 Å². The zero-order valence-electron chi connectivity index (χ0n) is 14.6. The second-order valence-corrected chi connectivity index (χ2v) is 7.76. The van der Waals surface area contributed by atoms with Crippen molar-refractivity contribution in [2.24, 2.45) is 0 Å². The molecule has 3 nitrogen and oxygen atoms in total. The molecule has 1 aliphatic heterocycles. The molecule has 0 spiro atoms. The van der Waals surface area contributed by atoms with Crippen LogP contribution in [0.2, 0.25) is 5.02 Å². The van der Waals surface area contributed by atoms with E-state index in [1.807, 2.05) is 0 Å². The maximum atomic E-state index is 13.9. The maximum Gasteiger partial charge on any atom is 0.432 e. The fourth-order valence-electron chi connectivity index (χ4n) is 4.02. The van der Waals surface area contributed by atoms with E-state index in [9.17, 15) is 23.1 Å². The molecule has 0 bridgehead atoms. The predicted molar refractivity (Wildman–Crippen MR) is 97.4 cm³/mol. The van der Waals surface area contributed by atoms with Crippen LogP contribution in [0.3, 0.4) is 0 Å². The largest absolute Gasteiger partial charge is 0.478 e. The van der Waals surface area contributed by atoms with Crippen molar-refractivity contribution < 1.29 is 27.8 Å². The third-order valence-electron chi connectivity index (χ3n) is 5.46. The molecule has 1 aromatic rings. The Hall–Kier alpha value is -1.40. The van der Waals surface area contributed by atoms with Gasteiger partial charge in [0, 0.05) is 10.6 Å². The van der Waals surface area contributed by atoms with Crippen LogP contribution in [0.1, 0.15) is 62.5 Å². The Morgan fingerprint density at radius 2 is 1.89 bits per heavy atom. The molecule has 0 saturated heterocycles. The lowest BCUT2D eigenvalue weighted by molar-refractivity contribution is -0.236. The Bertz CT molecular complexity index is 798. The molecule has 0 radical (unpaired) electrons. The minimum absolute atomic E-state index is 0.0749. The first-order valence-corrected chi connectivity index (χ1v) is 9.61. The zero-order valence-corrected chi connectivity index (χ0v) is 16.1. The van der Waals surface area contributed by atoms with Crippen LogP contribution in [0.4, 0.5) is 13.2 Å². The highest BCUT2D eigenvalue weighted by atomic mass is 35.5. The first-order chi connectivity index (χ1) is 12.6. The van der Waals surface area contributed by atoms with Crippen LogP contribution in [-0.2, 0) is 4.79 Å². The van der Waals surface area contributed by atoms with Gasteiger partial charge in [-0.25, -0.2) is 4.79 Å². The third kappa shape index (κ3) is 3.31. The third-order valence-corrected chi connectivity index (χ3v) is 6.18. The number of alkyl halides is 3. The number of fused-ring (bicyclic) bond motifs is 1. The van der Waals surface area contributed by atoms with Gasteiger partial charge in [-0.05, 0) is 42.9 Å². The average Bonchev–Trinajstić information content (AvgIpc) is 2.61. The van der Waals surface area contributed by atoms with E-state index in [1.54, 1.807) is 0 Å². The molecular formula is C19H19Cl2F3O3. The highest BCUT2D eigenvalue weighted by molar-refractivity contribution is 6.51. The smallest absolute Gasteiger partial charge is 0.432 e. The standard InChI is InChI=1S/C19H19Cl2F3O3/c1-2-18(19(22,23)24)15(17(25)26)16(21)12-8-13(20)11(9-14(12)27-18)10-6-4-3-5-7-10/h8-10H,2-7H2,1H3,(H,25,26). The van der Waals surface area contributed by atoms with E-state index in [1.165, 1.54) is 19.1 Å². The molecule has 8 heteroatoms. The number of hydrogen-bond donors (Lipinski definition) is 1. The molecular weight excluding hydrogens is 404 g/mol. The fourth-order valence-corrected chi connectivity index (χ4v) is 4.72. The number of carboxylic acids is 1. The minimum Gasteiger partial charge on any atom is -0.478 e. The van der Waals surface area contributed by atoms with Gasteiger partial charge >= 0.3 is 12.1 Å². The van der Waals surface area contributed by atoms with Gasteiger partial charge in [0.2, 0.25) is 5.60 Å². The van der Waals surface area contributed by atoms with E-state index in [0.717, 1.165) is 37.7 Å². The molecule has 148 valence electrons. The molecule has 1 aliphatic carbocycles. The predicted octanol–water partition coefficient (Wildman–Crippen LogP) is 6.53. The summed E-state index contributed by atoms with van der Waals surface area (Å²) in [5, 5.41) is 9.31. The Morgan fingerprint density at radius 3 is 2.41 bits per heavy atom. The Morgan fingerprint density at radius 1 is 1.26 bits per heavy atom. The number of aliphatic carboxylic acids is 1. The fraction of sp³-hybridized carbons (Fsp3) is 0.526. The Kier molecular flexibility index (Phi) is 5.43. The van der Waals surface area contributed by atoms with Gasteiger partial charge in [-0.3, -0.25) is 0 Å². The molecule has 1 atom stereocenters. The van der Waals surface area contributed by atoms with Crippen molar-refractivity contribution in [3.8, 4) is 5.75 Å². The molecule has 0 amide bonds. The highest BCUT2D eigenvalue weighted by Crippen LogP contribution is 2.53. The van der Waals surface area contributed by atoms with Crippen LogP contribution in [-0.4, -0.2) is 22.9 Å². The molecule has 1 fully saturated rings. The van der Waals surface area contributed by atoms with E-state index >= 15 is 0 Å². The molecule has 1 heterocycles. The van der Waals surface area contributed by atoms with Gasteiger partial charge in [-0.15, -0.1) is 0 Å². The van der Waals surface area contributed by atoms with E-state index < -0.39 is 34.8 Å².